The third-order valence-electron chi connectivity index (χ3n) is 3.64. The average Bonchev–Trinajstić information content (AvgIpc) is 2.51. The number of aryl methyl sites for hydroxylation is 1. The molecule has 1 aromatic heterocycles. The summed E-state index contributed by atoms with van der Waals surface area (Å²) in [4.78, 5) is 12.3. The second kappa shape index (κ2) is 4.98. The van der Waals surface area contributed by atoms with E-state index in [4.69, 9.17) is 4.74 Å². The third kappa shape index (κ3) is 2.14. The van der Waals surface area contributed by atoms with Crippen molar-refractivity contribution in [3.63, 3.8) is 0 Å². The van der Waals surface area contributed by atoms with Crippen molar-refractivity contribution in [2.24, 2.45) is 7.05 Å². The van der Waals surface area contributed by atoms with Crippen LogP contribution in [-0.4, -0.2) is 16.8 Å². The first-order chi connectivity index (χ1) is 10.1. The van der Waals surface area contributed by atoms with Crippen molar-refractivity contribution in [2.75, 3.05) is 7.11 Å². The number of pyridine rings is 1. The third-order valence-corrected chi connectivity index (χ3v) is 3.64. The van der Waals surface area contributed by atoms with Gasteiger partial charge in [-0.3, -0.25) is 4.79 Å². The molecule has 106 valence electrons. The van der Waals surface area contributed by atoms with Gasteiger partial charge >= 0.3 is 0 Å². The van der Waals surface area contributed by atoms with Gasteiger partial charge in [0, 0.05) is 24.1 Å². The standard InChI is InChI=1S/C17H15NO3/c1-18-13-6-4-3-5-12(13)16(20)10-14(18)11-7-8-15(19)17(9-11)21-2/h3-10,19H,1-2H3. The quantitative estimate of drug-likeness (QED) is 0.785. The number of hydrogen-bond donors (Lipinski definition) is 1. The number of fused-ring (bicyclic) bond motifs is 1. The maximum atomic E-state index is 12.3. The maximum Gasteiger partial charge on any atom is 0.190 e. The Bertz CT molecular complexity index is 881. The summed E-state index contributed by atoms with van der Waals surface area (Å²) in [5.74, 6) is 0.458. The van der Waals surface area contributed by atoms with Crippen LogP contribution in [0.3, 0.4) is 0 Å². The van der Waals surface area contributed by atoms with Crippen LogP contribution in [0.5, 0.6) is 11.5 Å². The van der Waals surface area contributed by atoms with Gasteiger partial charge in [-0.1, -0.05) is 12.1 Å². The van der Waals surface area contributed by atoms with E-state index < -0.39 is 0 Å². The molecule has 0 aliphatic heterocycles. The highest BCUT2D eigenvalue weighted by Gasteiger charge is 2.10. The van der Waals surface area contributed by atoms with Crippen LogP contribution in [-0.2, 0) is 7.05 Å². The van der Waals surface area contributed by atoms with E-state index in [0.29, 0.717) is 11.1 Å². The van der Waals surface area contributed by atoms with Crippen molar-refractivity contribution in [3.05, 3.63) is 58.8 Å². The molecule has 4 nitrogen and oxygen atoms in total. The molecule has 4 heteroatoms. The Morgan fingerprint density at radius 2 is 1.86 bits per heavy atom. The van der Waals surface area contributed by atoms with Crippen LogP contribution in [0.15, 0.2) is 53.3 Å². The van der Waals surface area contributed by atoms with Gasteiger partial charge in [-0.25, -0.2) is 0 Å². The molecule has 3 aromatic rings. The van der Waals surface area contributed by atoms with Crippen LogP contribution in [0.4, 0.5) is 0 Å². The zero-order valence-corrected chi connectivity index (χ0v) is 11.8. The number of hydrogen-bond acceptors (Lipinski definition) is 3. The predicted octanol–water partition coefficient (Wildman–Crippen LogP) is 2.92. The minimum absolute atomic E-state index is 0.0225. The van der Waals surface area contributed by atoms with E-state index in [0.717, 1.165) is 16.8 Å². The van der Waals surface area contributed by atoms with Gasteiger partial charge in [0.1, 0.15) is 0 Å². The second-order valence-electron chi connectivity index (χ2n) is 4.86. The van der Waals surface area contributed by atoms with Gasteiger partial charge in [0.2, 0.25) is 0 Å². The fourth-order valence-corrected chi connectivity index (χ4v) is 2.52. The molecule has 1 heterocycles. The number of nitrogens with zero attached hydrogens (tertiary/aromatic N) is 1. The molecule has 0 radical (unpaired) electrons. The Morgan fingerprint density at radius 1 is 1.10 bits per heavy atom. The first kappa shape index (κ1) is 13.2. The van der Waals surface area contributed by atoms with E-state index in [9.17, 15) is 9.90 Å². The molecule has 0 spiro atoms. The van der Waals surface area contributed by atoms with Crippen LogP contribution in [0.25, 0.3) is 22.2 Å². The van der Waals surface area contributed by atoms with Crippen molar-refractivity contribution in [2.45, 2.75) is 0 Å². The van der Waals surface area contributed by atoms with E-state index >= 15 is 0 Å². The number of methoxy groups -OCH3 is 1. The zero-order chi connectivity index (χ0) is 15.0. The van der Waals surface area contributed by atoms with Crippen molar-refractivity contribution in [1.82, 2.24) is 4.57 Å². The average molecular weight is 281 g/mol. The minimum Gasteiger partial charge on any atom is -0.504 e. The van der Waals surface area contributed by atoms with Gasteiger partial charge in [0.15, 0.2) is 16.9 Å². The van der Waals surface area contributed by atoms with Crippen molar-refractivity contribution >= 4 is 10.9 Å². The molecule has 0 bridgehead atoms. The Kier molecular flexibility index (Phi) is 3.14. The molecule has 0 fully saturated rings. The normalized spacial score (nSPS) is 10.8. The maximum absolute atomic E-state index is 12.3. The molecule has 21 heavy (non-hydrogen) atoms. The molecule has 0 aliphatic carbocycles. The highest BCUT2D eigenvalue weighted by molar-refractivity contribution is 5.82. The number of phenolic OH excluding ortho intramolecular Hbond substituents is 1. The first-order valence-electron chi connectivity index (χ1n) is 6.58. The summed E-state index contributed by atoms with van der Waals surface area (Å²) in [6.45, 7) is 0. The number of phenols is 1. The molecule has 0 unspecified atom stereocenters. The van der Waals surface area contributed by atoms with Gasteiger partial charge in [0.05, 0.1) is 18.3 Å². The number of benzene rings is 2. The number of aromatic hydroxyl groups is 1. The van der Waals surface area contributed by atoms with Crippen LogP contribution < -0.4 is 10.2 Å². The van der Waals surface area contributed by atoms with E-state index in [-0.39, 0.29) is 11.2 Å². The van der Waals surface area contributed by atoms with Crippen LogP contribution in [0.1, 0.15) is 0 Å². The molecule has 2 aromatic carbocycles. The summed E-state index contributed by atoms with van der Waals surface area (Å²) in [6.07, 6.45) is 0. The lowest BCUT2D eigenvalue weighted by atomic mass is 10.1. The fraction of sp³-hybridized carbons (Fsp3) is 0.118. The molecule has 0 saturated carbocycles. The Morgan fingerprint density at radius 3 is 2.62 bits per heavy atom. The lowest BCUT2D eigenvalue weighted by molar-refractivity contribution is 0.373. The van der Waals surface area contributed by atoms with Gasteiger partial charge in [-0.05, 0) is 30.3 Å². The lowest BCUT2D eigenvalue weighted by Gasteiger charge is -2.13. The minimum atomic E-state index is -0.0225. The van der Waals surface area contributed by atoms with Crippen molar-refractivity contribution < 1.29 is 9.84 Å². The van der Waals surface area contributed by atoms with Gasteiger partial charge in [-0.15, -0.1) is 0 Å². The smallest absolute Gasteiger partial charge is 0.190 e. The summed E-state index contributed by atoms with van der Waals surface area (Å²) in [5, 5.41) is 10.4. The number of aromatic nitrogens is 1. The molecule has 0 aliphatic rings. The zero-order valence-electron chi connectivity index (χ0n) is 11.8. The summed E-state index contributed by atoms with van der Waals surface area (Å²) in [7, 11) is 3.41. The van der Waals surface area contributed by atoms with Gasteiger partial charge in [0.25, 0.3) is 0 Å². The van der Waals surface area contributed by atoms with E-state index in [1.165, 1.54) is 7.11 Å². The SMILES string of the molecule is COc1cc(-c2cc(=O)c3ccccc3n2C)ccc1O. The number of rotatable bonds is 2. The fourth-order valence-electron chi connectivity index (χ4n) is 2.52. The monoisotopic (exact) mass is 281 g/mol. The molecular weight excluding hydrogens is 266 g/mol. The van der Waals surface area contributed by atoms with Crippen molar-refractivity contribution in [3.8, 4) is 22.8 Å². The molecule has 3 rings (SSSR count). The molecule has 0 atom stereocenters. The molecule has 1 N–H and O–H groups in total. The molecular formula is C17H15NO3. The largest absolute Gasteiger partial charge is 0.504 e. The van der Waals surface area contributed by atoms with E-state index in [1.807, 2.05) is 35.9 Å². The summed E-state index contributed by atoms with van der Waals surface area (Å²) < 4.78 is 7.09. The second-order valence-corrected chi connectivity index (χ2v) is 4.86. The summed E-state index contributed by atoms with van der Waals surface area (Å²) in [6, 6.07) is 14.1. The van der Waals surface area contributed by atoms with E-state index in [2.05, 4.69) is 0 Å². The Labute approximate surface area is 121 Å². The van der Waals surface area contributed by atoms with Gasteiger partial charge in [-0.2, -0.15) is 0 Å². The van der Waals surface area contributed by atoms with E-state index in [1.54, 1.807) is 24.3 Å². The molecule has 0 amide bonds. The highest BCUT2D eigenvalue weighted by Crippen LogP contribution is 2.31. The summed E-state index contributed by atoms with van der Waals surface area (Å²) >= 11 is 0. The van der Waals surface area contributed by atoms with Gasteiger partial charge < -0.3 is 14.4 Å². The van der Waals surface area contributed by atoms with Crippen LogP contribution in [0, 0.1) is 0 Å². The topological polar surface area (TPSA) is 51.5 Å². The number of para-hydroxylation sites is 1. The summed E-state index contributed by atoms with van der Waals surface area (Å²) in [5.41, 5.74) is 2.43. The Balaban J connectivity index is 2.31. The van der Waals surface area contributed by atoms with Crippen molar-refractivity contribution in [1.29, 1.82) is 0 Å². The lowest BCUT2D eigenvalue weighted by Crippen LogP contribution is -2.08. The first-order valence-corrected chi connectivity index (χ1v) is 6.58. The molecule has 0 saturated heterocycles. The van der Waals surface area contributed by atoms with Crippen LogP contribution >= 0.6 is 0 Å². The predicted molar refractivity (Wildman–Crippen MR) is 82.8 cm³/mol. The number of ether oxygens (including phenoxy) is 1. The van der Waals surface area contributed by atoms with Crippen LogP contribution in [0.2, 0.25) is 0 Å². The Hall–Kier alpha value is -2.75. The highest BCUT2D eigenvalue weighted by atomic mass is 16.5.